The van der Waals surface area contributed by atoms with Crippen LogP contribution in [-0.2, 0) is 13.1 Å². The molecule has 0 radical (unpaired) electrons. The highest BCUT2D eigenvalue weighted by Gasteiger charge is 2.46. The highest BCUT2D eigenvalue weighted by atomic mass is 15.2. The lowest BCUT2D eigenvalue weighted by atomic mass is 9.60. The van der Waals surface area contributed by atoms with Gasteiger partial charge < -0.3 is 0 Å². The minimum atomic E-state index is 0.617. The van der Waals surface area contributed by atoms with Crippen molar-refractivity contribution in [1.29, 1.82) is 0 Å². The standard InChI is InChI=1S/C21H28N4/c1-24(16-18-2-8-22-9-3-18)20-14-21(15-20)6-12-25(13-7-21)17-19-4-10-23-11-5-19/h2-5,8-11,20H,6-7,12-17H2,1H3. The number of pyridine rings is 2. The van der Waals surface area contributed by atoms with Crippen LogP contribution in [0.3, 0.4) is 0 Å². The molecule has 4 rings (SSSR count). The lowest BCUT2D eigenvalue weighted by Crippen LogP contribution is -2.53. The highest BCUT2D eigenvalue weighted by molar-refractivity contribution is 5.12. The van der Waals surface area contributed by atoms with E-state index in [4.69, 9.17) is 0 Å². The van der Waals surface area contributed by atoms with Gasteiger partial charge in [0.25, 0.3) is 0 Å². The molecule has 2 fully saturated rings. The zero-order chi connectivity index (χ0) is 17.1. The van der Waals surface area contributed by atoms with E-state index in [1.54, 1.807) is 0 Å². The molecule has 0 amide bonds. The summed E-state index contributed by atoms with van der Waals surface area (Å²) >= 11 is 0. The smallest absolute Gasteiger partial charge is 0.0271 e. The van der Waals surface area contributed by atoms with Crippen LogP contribution in [0.4, 0.5) is 0 Å². The van der Waals surface area contributed by atoms with Gasteiger partial charge in [-0.3, -0.25) is 19.8 Å². The second kappa shape index (κ2) is 7.22. The first-order chi connectivity index (χ1) is 12.2. The Morgan fingerprint density at radius 2 is 1.52 bits per heavy atom. The average molecular weight is 336 g/mol. The van der Waals surface area contributed by atoms with Gasteiger partial charge in [-0.05, 0) is 86.6 Å². The quantitative estimate of drug-likeness (QED) is 0.838. The summed E-state index contributed by atoms with van der Waals surface area (Å²) in [6.07, 6.45) is 13.0. The summed E-state index contributed by atoms with van der Waals surface area (Å²) in [5, 5.41) is 0. The second-order valence-electron chi connectivity index (χ2n) is 7.96. The normalized spacial score (nSPS) is 20.7. The number of nitrogens with zero attached hydrogens (tertiary/aromatic N) is 4. The van der Waals surface area contributed by atoms with Crippen LogP contribution < -0.4 is 0 Å². The number of aromatic nitrogens is 2. The minimum absolute atomic E-state index is 0.617. The van der Waals surface area contributed by atoms with Crippen LogP contribution in [0.15, 0.2) is 49.1 Å². The van der Waals surface area contributed by atoms with Crippen LogP contribution in [0.25, 0.3) is 0 Å². The van der Waals surface area contributed by atoms with Crippen LogP contribution in [0.1, 0.15) is 36.8 Å². The monoisotopic (exact) mass is 336 g/mol. The molecule has 0 atom stereocenters. The Bertz CT molecular complexity index is 657. The van der Waals surface area contributed by atoms with Gasteiger partial charge in [0.15, 0.2) is 0 Å². The Labute approximate surface area is 150 Å². The van der Waals surface area contributed by atoms with Crippen LogP contribution in [-0.4, -0.2) is 45.9 Å². The summed E-state index contributed by atoms with van der Waals surface area (Å²) < 4.78 is 0. The van der Waals surface area contributed by atoms with Gasteiger partial charge in [0, 0.05) is 43.9 Å². The predicted molar refractivity (Wildman–Crippen MR) is 99.9 cm³/mol. The largest absolute Gasteiger partial charge is 0.299 e. The molecule has 0 bridgehead atoms. The lowest BCUT2D eigenvalue weighted by Gasteiger charge is -2.54. The average Bonchev–Trinajstić information content (AvgIpc) is 2.62. The molecule has 1 aliphatic carbocycles. The molecule has 0 N–H and O–H groups in total. The van der Waals surface area contributed by atoms with Gasteiger partial charge in [-0.25, -0.2) is 0 Å². The number of hydrogen-bond donors (Lipinski definition) is 0. The molecule has 4 heteroatoms. The molecule has 2 aliphatic rings. The van der Waals surface area contributed by atoms with Crippen LogP contribution >= 0.6 is 0 Å². The number of likely N-dealkylation sites (tertiary alicyclic amines) is 1. The van der Waals surface area contributed by atoms with Crippen molar-refractivity contribution < 1.29 is 0 Å². The summed E-state index contributed by atoms with van der Waals surface area (Å²) in [4.78, 5) is 13.4. The number of hydrogen-bond acceptors (Lipinski definition) is 4. The topological polar surface area (TPSA) is 32.3 Å². The summed E-state index contributed by atoms with van der Waals surface area (Å²) in [7, 11) is 2.27. The van der Waals surface area contributed by atoms with E-state index in [9.17, 15) is 0 Å². The molecule has 0 aromatic carbocycles. The van der Waals surface area contributed by atoms with E-state index in [0.29, 0.717) is 5.41 Å². The van der Waals surface area contributed by atoms with Gasteiger partial charge in [0.2, 0.25) is 0 Å². The van der Waals surface area contributed by atoms with E-state index in [1.807, 2.05) is 24.8 Å². The first-order valence-corrected chi connectivity index (χ1v) is 9.43. The molecule has 2 aromatic heterocycles. The highest BCUT2D eigenvalue weighted by Crippen LogP contribution is 2.51. The Morgan fingerprint density at radius 3 is 2.12 bits per heavy atom. The van der Waals surface area contributed by atoms with Gasteiger partial charge in [-0.15, -0.1) is 0 Å². The zero-order valence-corrected chi connectivity index (χ0v) is 15.1. The van der Waals surface area contributed by atoms with Crippen molar-refractivity contribution in [2.75, 3.05) is 20.1 Å². The Kier molecular flexibility index (Phi) is 4.82. The molecular formula is C21H28N4. The molecule has 0 unspecified atom stereocenters. The van der Waals surface area contributed by atoms with E-state index in [2.05, 4.69) is 51.1 Å². The third kappa shape index (κ3) is 3.91. The molecule has 3 heterocycles. The van der Waals surface area contributed by atoms with Crippen molar-refractivity contribution >= 4 is 0 Å². The fraction of sp³-hybridized carbons (Fsp3) is 0.524. The minimum Gasteiger partial charge on any atom is -0.299 e. The molecular weight excluding hydrogens is 308 g/mol. The maximum atomic E-state index is 4.11. The van der Waals surface area contributed by atoms with Crippen molar-refractivity contribution in [3.8, 4) is 0 Å². The third-order valence-corrected chi connectivity index (χ3v) is 6.21. The molecule has 25 heavy (non-hydrogen) atoms. The second-order valence-corrected chi connectivity index (χ2v) is 7.96. The molecule has 1 aliphatic heterocycles. The molecule has 4 nitrogen and oxygen atoms in total. The Hall–Kier alpha value is -1.78. The molecule has 1 spiro atoms. The van der Waals surface area contributed by atoms with Gasteiger partial charge >= 0.3 is 0 Å². The lowest BCUT2D eigenvalue weighted by molar-refractivity contribution is -0.0385. The third-order valence-electron chi connectivity index (χ3n) is 6.21. The van der Waals surface area contributed by atoms with Crippen molar-refractivity contribution in [3.63, 3.8) is 0 Å². The van der Waals surface area contributed by atoms with E-state index < -0.39 is 0 Å². The summed E-state index contributed by atoms with van der Waals surface area (Å²) in [5.41, 5.74) is 3.37. The maximum absolute atomic E-state index is 4.11. The number of rotatable bonds is 5. The van der Waals surface area contributed by atoms with Crippen LogP contribution in [0.2, 0.25) is 0 Å². The zero-order valence-electron chi connectivity index (χ0n) is 15.1. The van der Waals surface area contributed by atoms with Gasteiger partial charge in [-0.1, -0.05) is 0 Å². The van der Waals surface area contributed by atoms with Gasteiger partial charge in [0.1, 0.15) is 0 Å². The number of piperidine rings is 1. The van der Waals surface area contributed by atoms with E-state index in [1.165, 1.54) is 49.9 Å². The van der Waals surface area contributed by atoms with E-state index >= 15 is 0 Å². The Balaban J connectivity index is 1.24. The fourth-order valence-electron chi connectivity index (χ4n) is 4.50. The van der Waals surface area contributed by atoms with Gasteiger partial charge in [-0.2, -0.15) is 0 Å². The first-order valence-electron chi connectivity index (χ1n) is 9.43. The van der Waals surface area contributed by atoms with Crippen LogP contribution in [0.5, 0.6) is 0 Å². The molecule has 1 saturated carbocycles. The summed E-state index contributed by atoms with van der Waals surface area (Å²) in [5.74, 6) is 0. The van der Waals surface area contributed by atoms with Crippen molar-refractivity contribution in [3.05, 3.63) is 60.2 Å². The van der Waals surface area contributed by atoms with E-state index in [0.717, 1.165) is 19.1 Å². The van der Waals surface area contributed by atoms with Crippen molar-refractivity contribution in [1.82, 2.24) is 19.8 Å². The summed E-state index contributed by atoms with van der Waals surface area (Å²) in [6.45, 7) is 4.59. The maximum Gasteiger partial charge on any atom is 0.0271 e. The van der Waals surface area contributed by atoms with Gasteiger partial charge in [0.05, 0.1) is 0 Å². The molecule has 132 valence electrons. The van der Waals surface area contributed by atoms with Crippen molar-refractivity contribution in [2.24, 2.45) is 5.41 Å². The Morgan fingerprint density at radius 1 is 0.960 bits per heavy atom. The summed E-state index contributed by atoms with van der Waals surface area (Å²) in [6, 6.07) is 9.28. The fourth-order valence-corrected chi connectivity index (χ4v) is 4.50. The SMILES string of the molecule is CN(Cc1ccncc1)C1CC2(CCN(Cc3ccncc3)CC2)C1. The molecule has 1 saturated heterocycles. The predicted octanol–water partition coefficient (Wildman–Crippen LogP) is 3.35. The van der Waals surface area contributed by atoms with Crippen LogP contribution in [0, 0.1) is 5.41 Å². The first kappa shape index (κ1) is 16.7. The van der Waals surface area contributed by atoms with E-state index in [-0.39, 0.29) is 0 Å². The van der Waals surface area contributed by atoms with Crippen molar-refractivity contribution in [2.45, 2.75) is 44.8 Å². The molecule has 2 aromatic rings.